The van der Waals surface area contributed by atoms with E-state index in [4.69, 9.17) is 5.11 Å². The fourth-order valence-electron chi connectivity index (χ4n) is 1.62. The molecule has 0 fully saturated rings. The zero-order valence-electron chi connectivity index (χ0n) is 9.64. The van der Waals surface area contributed by atoms with Gasteiger partial charge in [0.15, 0.2) is 0 Å². The van der Waals surface area contributed by atoms with E-state index in [1.54, 1.807) is 22.7 Å². The van der Waals surface area contributed by atoms with Crippen LogP contribution in [0.4, 0.5) is 0 Å². The fraction of sp³-hybridized carbons (Fsp3) is 0.333. The van der Waals surface area contributed by atoms with Crippen LogP contribution in [0.5, 0.6) is 0 Å². The predicted molar refractivity (Wildman–Crippen MR) is 70.0 cm³/mol. The number of aryl methyl sites for hydroxylation is 2. The molecule has 0 spiro atoms. The summed E-state index contributed by atoms with van der Waals surface area (Å²) in [5, 5.41) is 11.9. The molecule has 0 aliphatic rings. The first-order valence-electron chi connectivity index (χ1n) is 5.27. The second kappa shape index (κ2) is 4.98. The highest BCUT2D eigenvalue weighted by Crippen LogP contribution is 2.34. The molecule has 0 amide bonds. The molecule has 1 atom stereocenters. The van der Waals surface area contributed by atoms with Crippen molar-refractivity contribution in [3.05, 3.63) is 38.0 Å². The van der Waals surface area contributed by atoms with Crippen molar-refractivity contribution in [1.82, 2.24) is 4.98 Å². The Morgan fingerprint density at radius 3 is 2.76 bits per heavy atom. The first kappa shape index (κ1) is 12.3. The fourth-order valence-corrected chi connectivity index (χ4v) is 3.57. The number of thiophene rings is 1. The van der Waals surface area contributed by atoms with Gasteiger partial charge in [0.25, 0.3) is 0 Å². The van der Waals surface area contributed by atoms with Gasteiger partial charge in [0, 0.05) is 9.75 Å². The van der Waals surface area contributed by atoms with Gasteiger partial charge < -0.3 is 5.11 Å². The molecule has 2 aromatic heterocycles. The maximum atomic E-state index is 11.0. The molecule has 0 aromatic carbocycles. The minimum absolute atomic E-state index is 0.104. The Labute approximate surface area is 108 Å². The summed E-state index contributed by atoms with van der Waals surface area (Å²) in [5.41, 5.74) is 0.997. The molecule has 2 heterocycles. The van der Waals surface area contributed by atoms with E-state index >= 15 is 0 Å². The van der Waals surface area contributed by atoms with E-state index < -0.39 is 5.97 Å². The Kier molecular flexibility index (Phi) is 3.59. The van der Waals surface area contributed by atoms with Crippen LogP contribution < -0.4 is 0 Å². The van der Waals surface area contributed by atoms with Gasteiger partial charge in [-0.25, -0.2) is 4.98 Å². The maximum Gasteiger partial charge on any atom is 0.304 e. The van der Waals surface area contributed by atoms with Gasteiger partial charge in [-0.2, -0.15) is 0 Å². The smallest absolute Gasteiger partial charge is 0.304 e. The largest absolute Gasteiger partial charge is 0.481 e. The summed E-state index contributed by atoms with van der Waals surface area (Å²) in [5.74, 6) is -0.890. The number of rotatable bonds is 4. The van der Waals surface area contributed by atoms with Crippen LogP contribution in [0.15, 0.2) is 17.5 Å². The number of carbonyl (C=O) groups is 1. The number of hydrogen-bond acceptors (Lipinski definition) is 4. The molecular formula is C12H13NO2S2. The average Bonchev–Trinajstić information content (AvgIpc) is 2.86. The summed E-state index contributed by atoms with van der Waals surface area (Å²) in [6.45, 7) is 3.98. The highest BCUT2D eigenvalue weighted by Gasteiger charge is 2.22. The zero-order chi connectivity index (χ0) is 12.4. The van der Waals surface area contributed by atoms with Crippen molar-refractivity contribution in [2.75, 3.05) is 0 Å². The van der Waals surface area contributed by atoms with Gasteiger partial charge in [0.2, 0.25) is 0 Å². The number of nitrogens with zero attached hydrogens (tertiary/aromatic N) is 1. The van der Waals surface area contributed by atoms with E-state index in [-0.39, 0.29) is 12.3 Å². The van der Waals surface area contributed by atoms with Gasteiger partial charge in [0.05, 0.1) is 18.0 Å². The molecule has 2 aromatic rings. The van der Waals surface area contributed by atoms with Crippen molar-refractivity contribution >= 4 is 28.6 Å². The molecule has 3 nitrogen and oxygen atoms in total. The lowest BCUT2D eigenvalue weighted by Crippen LogP contribution is -2.06. The molecule has 5 heteroatoms. The van der Waals surface area contributed by atoms with Crippen LogP contribution in [0.3, 0.4) is 0 Å². The normalized spacial score (nSPS) is 12.6. The molecule has 90 valence electrons. The van der Waals surface area contributed by atoms with E-state index in [1.807, 2.05) is 31.4 Å². The molecule has 17 heavy (non-hydrogen) atoms. The summed E-state index contributed by atoms with van der Waals surface area (Å²) in [7, 11) is 0. The summed E-state index contributed by atoms with van der Waals surface area (Å²) < 4.78 is 0. The van der Waals surface area contributed by atoms with Crippen molar-refractivity contribution in [3.63, 3.8) is 0 Å². The van der Waals surface area contributed by atoms with Crippen LogP contribution in [-0.2, 0) is 4.79 Å². The Bertz CT molecular complexity index is 497. The van der Waals surface area contributed by atoms with Gasteiger partial charge in [-0.05, 0) is 25.3 Å². The molecule has 0 aliphatic heterocycles. The van der Waals surface area contributed by atoms with Crippen molar-refractivity contribution < 1.29 is 9.90 Å². The Hall–Kier alpha value is -1.20. The zero-order valence-corrected chi connectivity index (χ0v) is 11.3. The van der Waals surface area contributed by atoms with Gasteiger partial charge >= 0.3 is 5.97 Å². The van der Waals surface area contributed by atoms with E-state index in [0.717, 1.165) is 20.5 Å². The molecule has 0 bridgehead atoms. The maximum absolute atomic E-state index is 11.0. The third-order valence-electron chi connectivity index (χ3n) is 2.61. The Morgan fingerprint density at radius 1 is 1.53 bits per heavy atom. The van der Waals surface area contributed by atoms with E-state index in [9.17, 15) is 4.79 Å². The average molecular weight is 267 g/mol. The quantitative estimate of drug-likeness (QED) is 0.923. The number of hydrogen-bond donors (Lipinski definition) is 1. The minimum atomic E-state index is -0.783. The van der Waals surface area contributed by atoms with Crippen LogP contribution in [0, 0.1) is 13.8 Å². The number of aliphatic carboxylic acids is 1. The molecular weight excluding hydrogens is 254 g/mol. The number of thiazole rings is 1. The van der Waals surface area contributed by atoms with Crippen LogP contribution >= 0.6 is 22.7 Å². The molecule has 1 N–H and O–H groups in total. The van der Waals surface area contributed by atoms with E-state index in [1.165, 1.54) is 0 Å². The van der Waals surface area contributed by atoms with Crippen LogP contribution in [-0.4, -0.2) is 16.1 Å². The van der Waals surface area contributed by atoms with Crippen LogP contribution in [0.25, 0.3) is 0 Å². The SMILES string of the molecule is Cc1nc(C(CC(=O)O)c2cccs2)sc1C. The lowest BCUT2D eigenvalue weighted by molar-refractivity contribution is -0.137. The Morgan fingerprint density at radius 2 is 2.29 bits per heavy atom. The number of carboxylic acids is 1. The predicted octanol–water partition coefficient (Wildman–Crippen LogP) is 3.43. The van der Waals surface area contributed by atoms with Crippen molar-refractivity contribution in [2.45, 2.75) is 26.2 Å². The molecule has 0 radical (unpaired) electrons. The van der Waals surface area contributed by atoms with Crippen molar-refractivity contribution in [3.8, 4) is 0 Å². The van der Waals surface area contributed by atoms with Gasteiger partial charge in [0.1, 0.15) is 5.01 Å². The lowest BCUT2D eigenvalue weighted by atomic mass is 10.0. The monoisotopic (exact) mass is 267 g/mol. The molecule has 0 saturated heterocycles. The van der Waals surface area contributed by atoms with Crippen molar-refractivity contribution in [1.29, 1.82) is 0 Å². The third kappa shape index (κ3) is 2.73. The number of aromatic nitrogens is 1. The summed E-state index contributed by atoms with van der Waals surface area (Å²) >= 11 is 3.18. The number of carboxylic acid groups (broad SMARTS) is 1. The second-order valence-corrected chi connectivity index (χ2v) is 6.07. The highest BCUT2D eigenvalue weighted by atomic mass is 32.1. The minimum Gasteiger partial charge on any atom is -0.481 e. The highest BCUT2D eigenvalue weighted by molar-refractivity contribution is 7.12. The van der Waals surface area contributed by atoms with Gasteiger partial charge in [-0.3, -0.25) is 4.79 Å². The molecule has 0 aliphatic carbocycles. The Balaban J connectivity index is 2.36. The lowest BCUT2D eigenvalue weighted by Gasteiger charge is -2.09. The molecule has 1 unspecified atom stereocenters. The summed E-state index contributed by atoms with van der Waals surface area (Å²) in [4.78, 5) is 17.7. The summed E-state index contributed by atoms with van der Waals surface area (Å²) in [6, 6.07) is 3.92. The first-order chi connectivity index (χ1) is 8.08. The van der Waals surface area contributed by atoms with Gasteiger partial charge in [-0.1, -0.05) is 6.07 Å². The van der Waals surface area contributed by atoms with E-state index in [0.29, 0.717) is 0 Å². The summed E-state index contributed by atoms with van der Waals surface area (Å²) in [6.07, 6.45) is 0.104. The first-order valence-corrected chi connectivity index (χ1v) is 6.96. The van der Waals surface area contributed by atoms with Gasteiger partial charge in [-0.15, -0.1) is 22.7 Å². The van der Waals surface area contributed by atoms with Crippen LogP contribution in [0.2, 0.25) is 0 Å². The third-order valence-corrected chi connectivity index (χ3v) is 4.78. The standard InChI is InChI=1S/C12H13NO2S2/c1-7-8(2)17-12(13-7)9(6-11(14)15)10-4-3-5-16-10/h3-5,9H,6H2,1-2H3,(H,14,15). The topological polar surface area (TPSA) is 50.2 Å². The molecule has 0 saturated carbocycles. The van der Waals surface area contributed by atoms with E-state index in [2.05, 4.69) is 4.98 Å². The van der Waals surface area contributed by atoms with Crippen molar-refractivity contribution in [2.24, 2.45) is 0 Å². The molecule has 2 rings (SSSR count). The van der Waals surface area contributed by atoms with Crippen LogP contribution in [0.1, 0.15) is 32.8 Å². The second-order valence-electron chi connectivity index (χ2n) is 3.86.